The Morgan fingerprint density at radius 1 is 1.29 bits per heavy atom. The van der Waals surface area contributed by atoms with Crippen molar-refractivity contribution in [3.63, 3.8) is 0 Å². The fourth-order valence-electron chi connectivity index (χ4n) is 2.07. The molecule has 0 unspecified atom stereocenters. The van der Waals surface area contributed by atoms with Crippen LogP contribution in [0.15, 0.2) is 28.7 Å². The van der Waals surface area contributed by atoms with Crippen molar-refractivity contribution >= 4 is 21.7 Å². The molecule has 0 amide bonds. The number of hydrogen-bond acceptors (Lipinski definition) is 5. The Morgan fingerprint density at radius 2 is 2.05 bits per heavy atom. The van der Waals surface area contributed by atoms with Gasteiger partial charge in [0.05, 0.1) is 12.7 Å². The van der Waals surface area contributed by atoms with Crippen molar-refractivity contribution in [2.45, 2.75) is 20.3 Å². The number of nitrogens with one attached hydrogen (secondary N) is 1. The molecule has 0 saturated heterocycles. The molecule has 0 spiro atoms. The molecule has 21 heavy (non-hydrogen) atoms. The summed E-state index contributed by atoms with van der Waals surface area (Å²) >= 11 is 3.47. The van der Waals surface area contributed by atoms with E-state index in [1.165, 1.54) is 0 Å². The minimum absolute atomic E-state index is 0.503. The Bertz CT molecular complexity index is 631. The molecular weight excluding hydrogens is 332 g/mol. The fourth-order valence-corrected chi connectivity index (χ4v) is 2.43. The normalized spacial score (nSPS) is 10.8. The maximum Gasteiger partial charge on any atom is 0.165 e. The van der Waals surface area contributed by atoms with Crippen LogP contribution < -0.4 is 16.0 Å². The van der Waals surface area contributed by atoms with Crippen molar-refractivity contribution < 1.29 is 4.74 Å². The molecular formula is C15H19BrN4O. The van der Waals surface area contributed by atoms with Gasteiger partial charge in [0.15, 0.2) is 5.82 Å². The number of nitrogens with two attached hydrogens (primary N) is 1. The van der Waals surface area contributed by atoms with Crippen LogP contribution in [0.1, 0.15) is 19.5 Å². The quantitative estimate of drug-likeness (QED) is 0.638. The van der Waals surface area contributed by atoms with Crippen LogP contribution in [0, 0.1) is 5.92 Å². The predicted molar refractivity (Wildman–Crippen MR) is 88.1 cm³/mol. The zero-order valence-corrected chi connectivity index (χ0v) is 13.9. The lowest BCUT2D eigenvalue weighted by Crippen LogP contribution is -2.11. The summed E-state index contributed by atoms with van der Waals surface area (Å²) in [6.45, 7) is 4.30. The van der Waals surface area contributed by atoms with Crippen molar-refractivity contribution in [2.75, 3.05) is 12.5 Å². The lowest BCUT2D eigenvalue weighted by Gasteiger charge is -2.12. The van der Waals surface area contributed by atoms with E-state index in [9.17, 15) is 0 Å². The summed E-state index contributed by atoms with van der Waals surface area (Å²) in [5.74, 6) is 7.94. The summed E-state index contributed by atoms with van der Waals surface area (Å²) in [5.41, 5.74) is 4.38. The Morgan fingerprint density at radius 3 is 2.67 bits per heavy atom. The molecule has 0 radical (unpaired) electrons. The van der Waals surface area contributed by atoms with Gasteiger partial charge in [-0.05, 0) is 30.5 Å². The molecule has 6 heteroatoms. The minimum Gasteiger partial charge on any atom is -0.496 e. The highest BCUT2D eigenvalue weighted by Gasteiger charge is 2.13. The Labute approximate surface area is 133 Å². The highest BCUT2D eigenvalue weighted by molar-refractivity contribution is 9.10. The molecule has 0 fully saturated rings. The van der Waals surface area contributed by atoms with Gasteiger partial charge in [0, 0.05) is 16.2 Å². The largest absolute Gasteiger partial charge is 0.496 e. The van der Waals surface area contributed by atoms with Crippen LogP contribution in [0.2, 0.25) is 0 Å². The van der Waals surface area contributed by atoms with E-state index in [0.29, 0.717) is 17.6 Å². The molecule has 112 valence electrons. The number of hydrogen-bond donors (Lipinski definition) is 2. The summed E-state index contributed by atoms with van der Waals surface area (Å²) in [5, 5.41) is 0. The summed E-state index contributed by atoms with van der Waals surface area (Å²) in [6.07, 6.45) is 0.862. The van der Waals surface area contributed by atoms with Crippen LogP contribution in [0.4, 0.5) is 5.82 Å². The maximum absolute atomic E-state index is 5.52. The third-order valence-electron chi connectivity index (χ3n) is 2.95. The lowest BCUT2D eigenvalue weighted by molar-refractivity contribution is 0.416. The molecule has 0 atom stereocenters. The molecule has 2 rings (SSSR count). The first-order valence-corrected chi connectivity index (χ1v) is 7.51. The number of aromatic nitrogens is 2. The molecule has 1 aromatic carbocycles. The van der Waals surface area contributed by atoms with Crippen LogP contribution in [-0.2, 0) is 6.42 Å². The molecule has 0 bridgehead atoms. The smallest absolute Gasteiger partial charge is 0.165 e. The van der Waals surface area contributed by atoms with E-state index in [2.05, 4.69) is 45.2 Å². The van der Waals surface area contributed by atoms with E-state index in [0.717, 1.165) is 27.9 Å². The molecule has 0 aliphatic heterocycles. The second kappa shape index (κ2) is 6.87. The van der Waals surface area contributed by atoms with E-state index in [1.54, 1.807) is 7.11 Å². The van der Waals surface area contributed by atoms with Crippen LogP contribution >= 0.6 is 15.9 Å². The van der Waals surface area contributed by atoms with Crippen molar-refractivity contribution in [3.05, 3.63) is 34.4 Å². The molecule has 3 N–H and O–H groups in total. The molecule has 1 heterocycles. The number of methoxy groups -OCH3 is 1. The van der Waals surface area contributed by atoms with Crippen LogP contribution in [0.5, 0.6) is 5.75 Å². The second-order valence-corrected chi connectivity index (χ2v) is 6.07. The predicted octanol–water partition coefficient (Wildman–Crippen LogP) is 3.40. The first-order valence-electron chi connectivity index (χ1n) is 6.72. The first kappa shape index (κ1) is 15.7. The number of hydrazine groups is 1. The summed E-state index contributed by atoms with van der Waals surface area (Å²) in [7, 11) is 1.63. The molecule has 0 saturated carbocycles. The number of rotatable bonds is 5. The molecule has 0 aliphatic rings. The maximum atomic E-state index is 5.52. The highest BCUT2D eigenvalue weighted by atomic mass is 79.9. The topological polar surface area (TPSA) is 73.1 Å². The molecule has 2 aromatic rings. The van der Waals surface area contributed by atoms with Crippen molar-refractivity contribution in [2.24, 2.45) is 11.8 Å². The molecule has 0 aliphatic carbocycles. The first-order chi connectivity index (χ1) is 10.0. The second-order valence-electron chi connectivity index (χ2n) is 5.16. The van der Waals surface area contributed by atoms with E-state index in [4.69, 9.17) is 10.6 Å². The number of halogens is 1. The number of benzene rings is 1. The van der Waals surface area contributed by atoms with Gasteiger partial charge >= 0.3 is 0 Å². The Kier molecular flexibility index (Phi) is 5.14. The van der Waals surface area contributed by atoms with E-state index in [-0.39, 0.29) is 0 Å². The van der Waals surface area contributed by atoms with Gasteiger partial charge < -0.3 is 10.2 Å². The average molecular weight is 351 g/mol. The van der Waals surface area contributed by atoms with Crippen LogP contribution in [0.25, 0.3) is 11.4 Å². The zero-order valence-electron chi connectivity index (χ0n) is 12.4. The van der Waals surface area contributed by atoms with Gasteiger partial charge in [-0.25, -0.2) is 15.8 Å². The van der Waals surface area contributed by atoms with E-state index in [1.807, 2.05) is 24.3 Å². The SMILES string of the molecule is COc1ccc(Br)cc1-c1nc(CC(C)C)cc(NN)n1. The monoisotopic (exact) mass is 350 g/mol. The van der Waals surface area contributed by atoms with Gasteiger partial charge in [0.25, 0.3) is 0 Å². The third kappa shape index (κ3) is 3.92. The fraction of sp³-hybridized carbons (Fsp3) is 0.333. The van der Waals surface area contributed by atoms with Gasteiger partial charge in [-0.15, -0.1) is 0 Å². The lowest BCUT2D eigenvalue weighted by atomic mass is 10.1. The summed E-state index contributed by atoms with van der Waals surface area (Å²) in [4.78, 5) is 9.07. The number of nitrogens with zero attached hydrogens (tertiary/aromatic N) is 2. The van der Waals surface area contributed by atoms with Crippen molar-refractivity contribution in [3.8, 4) is 17.1 Å². The average Bonchev–Trinajstić information content (AvgIpc) is 2.46. The standard InChI is InChI=1S/C15H19BrN4O/c1-9(2)6-11-8-14(20-17)19-15(18-11)12-7-10(16)4-5-13(12)21-3/h4-5,7-9H,6,17H2,1-3H3,(H,18,19,20). The van der Waals surface area contributed by atoms with Crippen LogP contribution in [-0.4, -0.2) is 17.1 Å². The molecule has 5 nitrogen and oxygen atoms in total. The van der Waals surface area contributed by atoms with E-state index >= 15 is 0 Å². The highest BCUT2D eigenvalue weighted by Crippen LogP contribution is 2.31. The Hall–Kier alpha value is -1.66. The van der Waals surface area contributed by atoms with Crippen molar-refractivity contribution in [1.82, 2.24) is 9.97 Å². The van der Waals surface area contributed by atoms with Gasteiger partial charge in [0.2, 0.25) is 0 Å². The zero-order chi connectivity index (χ0) is 15.4. The number of anilines is 1. The van der Waals surface area contributed by atoms with E-state index < -0.39 is 0 Å². The van der Waals surface area contributed by atoms with Gasteiger partial charge in [-0.1, -0.05) is 29.8 Å². The number of ether oxygens (including phenoxy) is 1. The van der Waals surface area contributed by atoms with Gasteiger partial charge in [-0.2, -0.15) is 0 Å². The molecule has 1 aromatic heterocycles. The summed E-state index contributed by atoms with van der Waals surface area (Å²) < 4.78 is 6.34. The third-order valence-corrected chi connectivity index (χ3v) is 3.44. The number of nitrogen functional groups attached to an aromatic ring is 1. The van der Waals surface area contributed by atoms with Gasteiger partial charge in [0.1, 0.15) is 11.6 Å². The minimum atomic E-state index is 0.503. The summed E-state index contributed by atoms with van der Waals surface area (Å²) in [6, 6.07) is 7.61. The van der Waals surface area contributed by atoms with Crippen LogP contribution in [0.3, 0.4) is 0 Å². The van der Waals surface area contributed by atoms with Crippen molar-refractivity contribution in [1.29, 1.82) is 0 Å². The van der Waals surface area contributed by atoms with Gasteiger partial charge in [-0.3, -0.25) is 0 Å². The Balaban J connectivity index is 2.54.